The number of carbonyl (C=O) groups excluding carboxylic acids is 1. The third-order valence-electron chi connectivity index (χ3n) is 2.87. The monoisotopic (exact) mass is 290 g/mol. The maximum absolute atomic E-state index is 11.5. The molecule has 0 unspecified atom stereocenters. The highest BCUT2D eigenvalue weighted by atomic mass is 32.1. The topological polar surface area (TPSA) is 50.4 Å². The van der Waals surface area contributed by atoms with Crippen LogP contribution in [0.3, 0.4) is 0 Å². The van der Waals surface area contributed by atoms with Crippen molar-refractivity contribution in [2.24, 2.45) is 5.92 Å². The molecule has 1 aliphatic heterocycles. The molecule has 5 heteroatoms. The summed E-state index contributed by atoms with van der Waals surface area (Å²) in [5, 5.41) is 5.68. The van der Waals surface area contributed by atoms with Crippen molar-refractivity contribution in [1.29, 1.82) is 0 Å². The fourth-order valence-corrected chi connectivity index (χ4v) is 1.92. The third-order valence-corrected chi connectivity index (χ3v) is 3.08. The van der Waals surface area contributed by atoms with Crippen LogP contribution < -0.4 is 15.4 Å². The van der Waals surface area contributed by atoms with Gasteiger partial charge >= 0.3 is 0 Å². The van der Waals surface area contributed by atoms with Gasteiger partial charge in [0.1, 0.15) is 11.4 Å². The van der Waals surface area contributed by atoms with Crippen molar-refractivity contribution in [3.63, 3.8) is 0 Å². The lowest BCUT2D eigenvalue weighted by atomic mass is 10.1. The number of rotatable bonds is 5. The van der Waals surface area contributed by atoms with Gasteiger partial charge in [-0.05, 0) is 48.3 Å². The maximum atomic E-state index is 11.5. The predicted octanol–water partition coefficient (Wildman–Crippen LogP) is 2.46. The SMILES string of the molecule is CC(C)CCOc1ccc(/C=C2\NC(=S)NC2=O)cc1. The number of thiocarbonyl (C=S) groups is 1. The Morgan fingerprint density at radius 3 is 2.50 bits per heavy atom. The summed E-state index contributed by atoms with van der Waals surface area (Å²) < 4.78 is 5.64. The second-order valence-corrected chi connectivity index (χ2v) is 5.47. The zero-order valence-corrected chi connectivity index (χ0v) is 12.4. The van der Waals surface area contributed by atoms with E-state index < -0.39 is 0 Å². The number of amides is 1. The molecular formula is C15H18N2O2S. The summed E-state index contributed by atoms with van der Waals surface area (Å²) in [4.78, 5) is 11.5. The summed E-state index contributed by atoms with van der Waals surface area (Å²) >= 11 is 4.88. The van der Waals surface area contributed by atoms with E-state index in [1.54, 1.807) is 6.08 Å². The second kappa shape index (κ2) is 6.52. The molecule has 0 aliphatic carbocycles. The smallest absolute Gasteiger partial charge is 0.273 e. The molecule has 2 N–H and O–H groups in total. The van der Waals surface area contributed by atoms with Crippen LogP contribution >= 0.6 is 12.2 Å². The molecule has 4 nitrogen and oxygen atoms in total. The number of benzene rings is 1. The summed E-state index contributed by atoms with van der Waals surface area (Å²) in [6, 6.07) is 7.62. The molecule has 0 atom stereocenters. The number of hydrogen-bond donors (Lipinski definition) is 2. The van der Waals surface area contributed by atoms with Crippen molar-refractivity contribution in [3.05, 3.63) is 35.5 Å². The van der Waals surface area contributed by atoms with Crippen molar-refractivity contribution < 1.29 is 9.53 Å². The molecule has 1 aromatic carbocycles. The molecule has 1 aromatic rings. The van der Waals surface area contributed by atoms with Crippen molar-refractivity contribution >= 4 is 29.3 Å². The zero-order chi connectivity index (χ0) is 14.5. The van der Waals surface area contributed by atoms with Gasteiger partial charge in [-0.15, -0.1) is 0 Å². The Kier molecular flexibility index (Phi) is 4.74. The average Bonchev–Trinajstić information content (AvgIpc) is 2.69. The van der Waals surface area contributed by atoms with Crippen molar-refractivity contribution in [3.8, 4) is 5.75 Å². The minimum absolute atomic E-state index is 0.202. The van der Waals surface area contributed by atoms with E-state index in [0.717, 1.165) is 24.3 Å². The van der Waals surface area contributed by atoms with Crippen LogP contribution in [0, 0.1) is 5.92 Å². The number of ether oxygens (including phenoxy) is 1. The molecular weight excluding hydrogens is 272 g/mol. The molecule has 0 spiro atoms. The number of nitrogens with one attached hydrogen (secondary N) is 2. The highest BCUT2D eigenvalue weighted by Gasteiger charge is 2.19. The molecule has 0 radical (unpaired) electrons. The number of hydrogen-bond acceptors (Lipinski definition) is 3. The first-order valence-electron chi connectivity index (χ1n) is 6.61. The second-order valence-electron chi connectivity index (χ2n) is 5.07. The van der Waals surface area contributed by atoms with Crippen LogP contribution in [0.2, 0.25) is 0 Å². The Hall–Kier alpha value is -1.88. The Morgan fingerprint density at radius 2 is 1.95 bits per heavy atom. The van der Waals surface area contributed by atoms with Gasteiger partial charge in [0.25, 0.3) is 5.91 Å². The van der Waals surface area contributed by atoms with Crippen LogP contribution in [-0.2, 0) is 4.79 Å². The first-order valence-corrected chi connectivity index (χ1v) is 7.02. The minimum Gasteiger partial charge on any atom is -0.494 e. The van der Waals surface area contributed by atoms with Gasteiger partial charge in [0.05, 0.1) is 6.61 Å². The van der Waals surface area contributed by atoms with Gasteiger partial charge in [0, 0.05) is 0 Å². The van der Waals surface area contributed by atoms with Gasteiger partial charge in [-0.1, -0.05) is 26.0 Å². The van der Waals surface area contributed by atoms with E-state index in [0.29, 0.717) is 16.7 Å². The van der Waals surface area contributed by atoms with Gasteiger partial charge in [0.15, 0.2) is 5.11 Å². The first kappa shape index (κ1) is 14.5. The molecule has 1 fully saturated rings. The maximum Gasteiger partial charge on any atom is 0.273 e. The van der Waals surface area contributed by atoms with E-state index >= 15 is 0 Å². The highest BCUT2D eigenvalue weighted by molar-refractivity contribution is 7.80. The van der Waals surface area contributed by atoms with Gasteiger partial charge in [-0.2, -0.15) is 0 Å². The first-order chi connectivity index (χ1) is 9.54. The van der Waals surface area contributed by atoms with E-state index in [-0.39, 0.29) is 5.91 Å². The molecule has 20 heavy (non-hydrogen) atoms. The molecule has 0 bridgehead atoms. The summed E-state index contributed by atoms with van der Waals surface area (Å²) in [6.45, 7) is 5.06. The van der Waals surface area contributed by atoms with Crippen molar-refractivity contribution in [1.82, 2.24) is 10.6 Å². The van der Waals surface area contributed by atoms with Crippen LogP contribution in [0.5, 0.6) is 5.75 Å². The molecule has 1 aliphatic rings. The fraction of sp³-hybridized carbons (Fsp3) is 0.333. The molecule has 1 heterocycles. The standard InChI is InChI=1S/C15H18N2O2S/c1-10(2)7-8-19-12-5-3-11(4-6-12)9-13-14(18)17-15(20)16-13/h3-6,9-10H,7-8H2,1-2H3,(H2,16,17,18,20)/b13-9-. The van der Waals surface area contributed by atoms with Gasteiger partial charge < -0.3 is 10.1 Å². The molecule has 1 amide bonds. The fourth-order valence-electron chi connectivity index (χ4n) is 1.72. The summed E-state index contributed by atoms with van der Waals surface area (Å²) in [5.41, 5.74) is 1.38. The Balaban J connectivity index is 1.96. The summed E-state index contributed by atoms with van der Waals surface area (Å²) in [6.07, 6.45) is 2.79. The lowest BCUT2D eigenvalue weighted by Crippen LogP contribution is -2.21. The number of carbonyl (C=O) groups is 1. The Bertz CT molecular complexity index is 535. The summed E-state index contributed by atoms with van der Waals surface area (Å²) in [5.74, 6) is 1.27. The van der Waals surface area contributed by atoms with Gasteiger partial charge in [-0.3, -0.25) is 10.1 Å². The van der Waals surface area contributed by atoms with Crippen LogP contribution in [0.1, 0.15) is 25.8 Å². The van der Waals surface area contributed by atoms with Crippen LogP contribution in [0.15, 0.2) is 30.0 Å². The normalized spacial score (nSPS) is 16.4. The van der Waals surface area contributed by atoms with E-state index in [4.69, 9.17) is 17.0 Å². The lowest BCUT2D eigenvalue weighted by Gasteiger charge is -2.08. The van der Waals surface area contributed by atoms with Gasteiger partial charge in [0.2, 0.25) is 0 Å². The lowest BCUT2D eigenvalue weighted by molar-refractivity contribution is -0.115. The highest BCUT2D eigenvalue weighted by Crippen LogP contribution is 2.15. The Labute approximate surface area is 124 Å². The molecule has 0 saturated carbocycles. The van der Waals surface area contributed by atoms with E-state index in [2.05, 4.69) is 24.5 Å². The third kappa shape index (κ3) is 4.06. The van der Waals surface area contributed by atoms with E-state index in [9.17, 15) is 4.79 Å². The minimum atomic E-state index is -0.202. The van der Waals surface area contributed by atoms with Crippen molar-refractivity contribution in [2.75, 3.05) is 6.61 Å². The molecule has 1 saturated heterocycles. The molecule has 0 aromatic heterocycles. The van der Waals surface area contributed by atoms with Crippen LogP contribution in [-0.4, -0.2) is 17.6 Å². The Morgan fingerprint density at radius 1 is 1.25 bits per heavy atom. The van der Waals surface area contributed by atoms with Crippen LogP contribution in [0.4, 0.5) is 0 Å². The quantitative estimate of drug-likeness (QED) is 0.646. The molecule has 106 valence electrons. The summed E-state index contributed by atoms with van der Waals surface area (Å²) in [7, 11) is 0. The zero-order valence-electron chi connectivity index (χ0n) is 11.6. The van der Waals surface area contributed by atoms with E-state index in [1.165, 1.54) is 0 Å². The largest absolute Gasteiger partial charge is 0.494 e. The van der Waals surface area contributed by atoms with Gasteiger partial charge in [-0.25, -0.2) is 0 Å². The van der Waals surface area contributed by atoms with E-state index in [1.807, 2.05) is 24.3 Å². The van der Waals surface area contributed by atoms with Crippen molar-refractivity contribution in [2.45, 2.75) is 20.3 Å². The average molecular weight is 290 g/mol. The predicted molar refractivity (Wildman–Crippen MR) is 83.2 cm³/mol. The molecule has 2 rings (SSSR count). The van der Waals surface area contributed by atoms with Crippen LogP contribution in [0.25, 0.3) is 6.08 Å².